The molecular formula is C14H12Br2N2O. The zero-order valence-corrected chi connectivity index (χ0v) is 13.3. The number of aromatic nitrogens is 2. The molecule has 1 aliphatic carbocycles. The second kappa shape index (κ2) is 5.21. The molecule has 0 saturated heterocycles. The van der Waals surface area contributed by atoms with E-state index in [1.165, 1.54) is 29.5 Å². The van der Waals surface area contributed by atoms with Gasteiger partial charge in [0.2, 0.25) is 0 Å². The van der Waals surface area contributed by atoms with Gasteiger partial charge in [0.25, 0.3) is 5.56 Å². The third kappa shape index (κ3) is 2.41. The summed E-state index contributed by atoms with van der Waals surface area (Å²) < 4.78 is 2.59. The number of nitrogens with zero attached hydrogens (tertiary/aromatic N) is 2. The topological polar surface area (TPSA) is 34.9 Å². The van der Waals surface area contributed by atoms with Crippen LogP contribution in [0.15, 0.2) is 44.2 Å². The zero-order valence-electron chi connectivity index (χ0n) is 10.1. The maximum Gasteiger partial charge on any atom is 0.286 e. The highest BCUT2D eigenvalue weighted by Crippen LogP contribution is 2.36. The Labute approximate surface area is 127 Å². The van der Waals surface area contributed by atoms with Crippen molar-refractivity contribution in [3.63, 3.8) is 0 Å². The maximum absolute atomic E-state index is 12.2. The van der Waals surface area contributed by atoms with Crippen LogP contribution in [0.3, 0.4) is 0 Å². The van der Waals surface area contributed by atoms with Gasteiger partial charge in [0, 0.05) is 0 Å². The summed E-state index contributed by atoms with van der Waals surface area (Å²) in [6, 6.07) is 8.11. The molecule has 98 valence electrons. The minimum Gasteiger partial charge on any atom is -0.266 e. The first-order valence-corrected chi connectivity index (χ1v) is 7.79. The summed E-state index contributed by atoms with van der Waals surface area (Å²) in [6.07, 6.45) is 5.42. The molecule has 0 unspecified atom stereocenters. The summed E-state index contributed by atoms with van der Waals surface area (Å²) in [5.41, 5.74) is 1.97. The minimum atomic E-state index is -0.153. The van der Waals surface area contributed by atoms with Crippen LogP contribution in [0, 0.1) is 0 Å². The normalized spacial score (nSPS) is 15.3. The zero-order chi connectivity index (χ0) is 13.4. The van der Waals surface area contributed by atoms with E-state index < -0.39 is 0 Å². The average molecular weight is 384 g/mol. The quantitative estimate of drug-likeness (QED) is 0.784. The molecule has 1 aromatic carbocycles. The lowest BCUT2D eigenvalue weighted by Gasteiger charge is -2.26. The van der Waals surface area contributed by atoms with Crippen LogP contribution in [0.2, 0.25) is 0 Å². The van der Waals surface area contributed by atoms with E-state index in [9.17, 15) is 4.79 Å². The summed E-state index contributed by atoms with van der Waals surface area (Å²) >= 11 is 6.57. The highest BCUT2D eigenvalue weighted by atomic mass is 79.9. The Morgan fingerprint density at radius 1 is 1.26 bits per heavy atom. The van der Waals surface area contributed by atoms with E-state index in [4.69, 9.17) is 0 Å². The molecule has 5 heteroatoms. The van der Waals surface area contributed by atoms with E-state index in [0.717, 1.165) is 5.69 Å². The van der Waals surface area contributed by atoms with Gasteiger partial charge in [-0.05, 0) is 68.3 Å². The van der Waals surface area contributed by atoms with Crippen molar-refractivity contribution in [2.24, 2.45) is 0 Å². The third-order valence-corrected chi connectivity index (χ3v) is 5.47. The number of benzene rings is 1. The van der Waals surface area contributed by atoms with Crippen molar-refractivity contribution >= 4 is 31.9 Å². The van der Waals surface area contributed by atoms with Crippen LogP contribution in [-0.2, 0) is 0 Å². The molecule has 0 bridgehead atoms. The van der Waals surface area contributed by atoms with Gasteiger partial charge in [-0.25, -0.2) is 0 Å². The van der Waals surface area contributed by atoms with Crippen molar-refractivity contribution in [2.75, 3.05) is 0 Å². The summed E-state index contributed by atoms with van der Waals surface area (Å²) in [5, 5.41) is 4.18. The second-order valence-corrected chi connectivity index (χ2v) is 6.39. The Hall–Kier alpha value is -0.940. The summed E-state index contributed by atoms with van der Waals surface area (Å²) in [6.45, 7) is 0. The van der Waals surface area contributed by atoms with Crippen LogP contribution in [-0.4, -0.2) is 9.78 Å². The van der Waals surface area contributed by atoms with E-state index >= 15 is 0 Å². The summed E-state index contributed by atoms with van der Waals surface area (Å²) in [4.78, 5) is 12.2. The highest BCUT2D eigenvalue weighted by molar-refractivity contribution is 9.13. The first-order chi connectivity index (χ1) is 9.16. The molecule has 3 rings (SSSR count). The van der Waals surface area contributed by atoms with Gasteiger partial charge in [-0.1, -0.05) is 18.6 Å². The Morgan fingerprint density at radius 3 is 2.74 bits per heavy atom. The Balaban J connectivity index is 2.07. The van der Waals surface area contributed by atoms with Gasteiger partial charge in [0.05, 0.1) is 16.4 Å². The van der Waals surface area contributed by atoms with E-state index in [1.54, 1.807) is 6.20 Å². The van der Waals surface area contributed by atoms with Crippen molar-refractivity contribution in [2.45, 2.75) is 25.2 Å². The highest BCUT2D eigenvalue weighted by Gasteiger charge is 2.20. The van der Waals surface area contributed by atoms with Gasteiger partial charge in [0.15, 0.2) is 0 Å². The predicted octanol–water partition coefficient (Wildman–Crippen LogP) is 4.03. The molecule has 1 saturated carbocycles. The van der Waals surface area contributed by atoms with Gasteiger partial charge in [0.1, 0.15) is 4.47 Å². The van der Waals surface area contributed by atoms with Crippen molar-refractivity contribution in [1.82, 2.24) is 9.78 Å². The average Bonchev–Trinajstić information content (AvgIpc) is 2.34. The Bertz CT molecular complexity index is 677. The molecule has 0 amide bonds. The fraction of sp³-hybridized carbons (Fsp3) is 0.286. The maximum atomic E-state index is 12.2. The molecule has 1 heterocycles. The molecule has 19 heavy (non-hydrogen) atoms. The lowest BCUT2D eigenvalue weighted by Crippen LogP contribution is -2.22. The van der Waals surface area contributed by atoms with Crippen LogP contribution in [0.25, 0.3) is 5.69 Å². The fourth-order valence-corrected chi connectivity index (χ4v) is 2.78. The van der Waals surface area contributed by atoms with Crippen LogP contribution < -0.4 is 5.56 Å². The van der Waals surface area contributed by atoms with Crippen molar-refractivity contribution in [1.29, 1.82) is 0 Å². The van der Waals surface area contributed by atoms with E-state index in [1.807, 2.05) is 12.1 Å². The van der Waals surface area contributed by atoms with Crippen LogP contribution in [0.4, 0.5) is 0 Å². The molecule has 0 radical (unpaired) electrons. The number of hydrogen-bond donors (Lipinski definition) is 0. The molecule has 1 aliphatic rings. The number of hydrogen-bond acceptors (Lipinski definition) is 2. The van der Waals surface area contributed by atoms with Gasteiger partial charge < -0.3 is 0 Å². The minimum absolute atomic E-state index is 0.153. The lowest BCUT2D eigenvalue weighted by molar-refractivity contribution is 0.419. The van der Waals surface area contributed by atoms with Gasteiger partial charge in [-0.15, -0.1) is 0 Å². The van der Waals surface area contributed by atoms with E-state index in [-0.39, 0.29) is 5.56 Å². The Morgan fingerprint density at radius 2 is 2.05 bits per heavy atom. The van der Waals surface area contributed by atoms with Gasteiger partial charge in [-0.2, -0.15) is 9.78 Å². The lowest BCUT2D eigenvalue weighted by atomic mass is 9.80. The molecule has 0 atom stereocenters. The molecular weight excluding hydrogens is 372 g/mol. The molecule has 0 aliphatic heterocycles. The second-order valence-electron chi connectivity index (χ2n) is 4.75. The summed E-state index contributed by atoms with van der Waals surface area (Å²) in [7, 11) is 0. The molecule has 2 aromatic rings. The van der Waals surface area contributed by atoms with E-state index in [0.29, 0.717) is 14.9 Å². The fourth-order valence-electron chi connectivity index (χ4n) is 2.25. The molecule has 0 spiro atoms. The molecule has 3 nitrogen and oxygen atoms in total. The number of halogens is 2. The molecule has 0 N–H and O–H groups in total. The van der Waals surface area contributed by atoms with Crippen molar-refractivity contribution in [3.8, 4) is 5.69 Å². The van der Waals surface area contributed by atoms with Crippen molar-refractivity contribution in [3.05, 3.63) is 55.3 Å². The first kappa shape index (κ1) is 13.1. The standard InChI is InChI=1S/C14H12Br2N2O/c15-12-8-17-18(14(19)13(12)16)11-6-2-5-10(7-11)9-3-1-4-9/h2,5-9H,1,3-4H2. The van der Waals surface area contributed by atoms with Crippen LogP contribution >= 0.6 is 31.9 Å². The first-order valence-electron chi connectivity index (χ1n) is 6.20. The van der Waals surface area contributed by atoms with Crippen LogP contribution in [0.1, 0.15) is 30.7 Å². The van der Waals surface area contributed by atoms with Crippen molar-refractivity contribution < 1.29 is 0 Å². The number of rotatable bonds is 2. The SMILES string of the molecule is O=c1c(Br)c(Br)cnn1-c1cccc(C2CCC2)c1. The predicted molar refractivity (Wildman–Crippen MR) is 81.8 cm³/mol. The van der Waals surface area contributed by atoms with Crippen LogP contribution in [0.5, 0.6) is 0 Å². The van der Waals surface area contributed by atoms with Gasteiger partial charge >= 0.3 is 0 Å². The molecule has 1 fully saturated rings. The van der Waals surface area contributed by atoms with Gasteiger partial charge in [-0.3, -0.25) is 4.79 Å². The summed E-state index contributed by atoms with van der Waals surface area (Å²) in [5.74, 6) is 0.648. The monoisotopic (exact) mass is 382 g/mol. The van der Waals surface area contributed by atoms with E-state index in [2.05, 4.69) is 49.1 Å². The Kier molecular flexibility index (Phi) is 3.58. The molecule has 1 aromatic heterocycles. The third-order valence-electron chi connectivity index (χ3n) is 3.57. The smallest absolute Gasteiger partial charge is 0.266 e. The largest absolute Gasteiger partial charge is 0.286 e.